The first-order chi connectivity index (χ1) is 20.1. The van der Waals surface area contributed by atoms with Crippen LogP contribution in [-0.2, 0) is 30.1 Å². The summed E-state index contributed by atoms with van der Waals surface area (Å²) in [6.45, 7) is 9.63. The van der Waals surface area contributed by atoms with Gasteiger partial charge in [0.2, 0.25) is 17.7 Å². The fourth-order valence-corrected chi connectivity index (χ4v) is 7.08. The van der Waals surface area contributed by atoms with Crippen molar-refractivity contribution in [3.05, 3.63) is 87.0 Å². The van der Waals surface area contributed by atoms with Gasteiger partial charge in [0.1, 0.15) is 0 Å². The molecule has 3 amide bonds. The van der Waals surface area contributed by atoms with Gasteiger partial charge in [-0.25, -0.2) is 11.3 Å². The van der Waals surface area contributed by atoms with Gasteiger partial charge < -0.3 is 16.8 Å². The molecule has 0 unspecified atom stereocenters. The summed E-state index contributed by atoms with van der Waals surface area (Å²) in [4.78, 5) is 43.0. The monoisotopic (exact) mass is 567 g/mol. The highest BCUT2D eigenvalue weighted by Gasteiger charge is 2.57. The summed E-state index contributed by atoms with van der Waals surface area (Å²) in [7, 11) is 1.78. The number of rotatable bonds is 8. The third-order valence-electron chi connectivity index (χ3n) is 9.09. The van der Waals surface area contributed by atoms with Gasteiger partial charge in [0.25, 0.3) is 0 Å². The number of amides is 3. The summed E-state index contributed by atoms with van der Waals surface area (Å²) in [6.07, 6.45) is 2.99. The van der Waals surface area contributed by atoms with Crippen molar-refractivity contribution in [1.82, 2.24) is 30.4 Å². The van der Waals surface area contributed by atoms with E-state index >= 15 is 0 Å². The molecular formula is C30H33N9O3. The highest BCUT2D eigenvalue weighted by atomic mass is 16.2. The van der Waals surface area contributed by atoms with E-state index in [-0.39, 0.29) is 30.7 Å². The smallest absolute Gasteiger partial charge is 0.301 e. The van der Waals surface area contributed by atoms with E-state index in [1.807, 2.05) is 31.2 Å². The van der Waals surface area contributed by atoms with Crippen LogP contribution in [0.3, 0.4) is 0 Å². The second-order valence-corrected chi connectivity index (χ2v) is 11.7. The van der Waals surface area contributed by atoms with E-state index in [0.29, 0.717) is 42.1 Å². The van der Waals surface area contributed by atoms with Crippen molar-refractivity contribution < 1.29 is 14.4 Å². The van der Waals surface area contributed by atoms with Crippen molar-refractivity contribution in [1.29, 1.82) is 0 Å². The Morgan fingerprint density at radius 3 is 2.21 bits per heavy atom. The molecule has 2 aromatic carbocycles. The number of hydrogen-bond acceptors (Lipinski definition) is 7. The van der Waals surface area contributed by atoms with Gasteiger partial charge in [-0.1, -0.05) is 12.1 Å². The van der Waals surface area contributed by atoms with E-state index in [2.05, 4.69) is 25.7 Å². The maximum Gasteiger partial charge on any atom is 0.301 e. The average molecular weight is 568 g/mol. The van der Waals surface area contributed by atoms with Gasteiger partial charge in [-0.15, -0.1) is 5.10 Å². The lowest BCUT2D eigenvalue weighted by atomic mass is 9.67. The molecule has 12 heteroatoms. The number of carbonyl (C=O) groups excluding carboxylic acids is 3. The number of nitrogens with two attached hydrogens (primary N) is 2. The van der Waals surface area contributed by atoms with Crippen molar-refractivity contribution in [2.24, 2.45) is 24.4 Å². The number of aryl methyl sites for hydroxylation is 3. The van der Waals surface area contributed by atoms with Crippen molar-refractivity contribution in [3.63, 3.8) is 0 Å². The first-order valence-corrected chi connectivity index (χ1v) is 14.1. The lowest BCUT2D eigenvalue weighted by Crippen LogP contribution is -2.46. The van der Waals surface area contributed by atoms with Gasteiger partial charge in [0.15, 0.2) is 5.82 Å². The molecule has 0 radical (unpaired) electrons. The molecule has 2 heterocycles. The standard InChI is InChI=1S/C30H33N9O3/c1-16(34-15-26(40)39-24-12-21(24)13-25(39)33-2)14-30(29-35-36-37-38(29)3)22-8-6-19(27(31)41)10-17(22)4-5-18-11-20(28(32)42)7-9-23(18)30/h6-11,16,21,24-25,34H,4-5,12-15H2,1,3H3,(H2,31,41)(H2,32,42)/t16-,21-,24-,25-/m0/s1. The molecule has 2 aliphatic carbocycles. The number of nitrogens with zero attached hydrogens (tertiary/aromatic N) is 6. The van der Waals surface area contributed by atoms with Crippen LogP contribution in [0.2, 0.25) is 0 Å². The van der Waals surface area contributed by atoms with Crippen molar-refractivity contribution in [3.8, 4) is 0 Å². The third-order valence-corrected chi connectivity index (χ3v) is 9.09. The number of tetrazole rings is 1. The summed E-state index contributed by atoms with van der Waals surface area (Å²) < 4.78 is 1.64. The van der Waals surface area contributed by atoms with Gasteiger partial charge in [0, 0.05) is 36.7 Å². The molecule has 12 nitrogen and oxygen atoms in total. The Bertz CT molecular complexity index is 1580. The Morgan fingerprint density at radius 2 is 1.69 bits per heavy atom. The molecule has 0 spiro atoms. The number of likely N-dealkylation sites (tertiary alicyclic amines) is 1. The van der Waals surface area contributed by atoms with E-state index < -0.39 is 17.2 Å². The van der Waals surface area contributed by atoms with E-state index in [1.165, 1.54) is 0 Å². The normalized spacial score (nSPS) is 22.2. The summed E-state index contributed by atoms with van der Waals surface area (Å²) in [5, 5.41) is 16.1. The SMILES string of the molecule is [C-]#[N+][C@@H]1C[C@@H]2C[C@@H]2N1C(=O)CN[C@@H](C)CC1(c2nnnn2C)c2ccc(C(N)=O)cc2CCc2cc(C(N)=O)ccc21. The van der Waals surface area contributed by atoms with Gasteiger partial charge in [-0.05, 0) is 95.5 Å². The lowest BCUT2D eigenvalue weighted by molar-refractivity contribution is -0.131. The van der Waals surface area contributed by atoms with E-state index in [0.717, 1.165) is 35.1 Å². The molecule has 3 aromatic rings. The van der Waals surface area contributed by atoms with Gasteiger partial charge in [0.05, 0.1) is 12.0 Å². The summed E-state index contributed by atoms with van der Waals surface area (Å²) in [5.41, 5.74) is 14.9. The summed E-state index contributed by atoms with van der Waals surface area (Å²) in [5.74, 6) is -0.0769. The molecule has 1 aliphatic heterocycles. The molecule has 0 bridgehead atoms. The average Bonchev–Trinajstić information content (AvgIpc) is 3.47. The maximum atomic E-state index is 13.3. The Kier molecular flexibility index (Phi) is 6.77. The number of benzene rings is 2. The fraction of sp³-hybridized carbons (Fsp3) is 0.433. The first kappa shape index (κ1) is 27.5. The topological polar surface area (TPSA) is 166 Å². The minimum Gasteiger partial charge on any atom is -0.366 e. The highest BCUT2D eigenvalue weighted by molar-refractivity contribution is 5.94. The predicted molar refractivity (Wildman–Crippen MR) is 152 cm³/mol. The number of nitrogens with one attached hydrogen (secondary N) is 1. The molecule has 1 aromatic heterocycles. The molecule has 2 fully saturated rings. The molecule has 5 N–H and O–H groups in total. The quantitative estimate of drug-likeness (QED) is 0.342. The number of carbonyl (C=O) groups is 3. The molecule has 216 valence electrons. The number of fused-ring (bicyclic) bond motifs is 3. The Balaban J connectivity index is 1.43. The van der Waals surface area contributed by atoms with Crippen LogP contribution in [0.4, 0.5) is 0 Å². The third kappa shape index (κ3) is 4.50. The minimum atomic E-state index is -0.907. The number of aromatic nitrogens is 4. The van der Waals surface area contributed by atoms with Crippen LogP contribution in [0.1, 0.15) is 75.0 Å². The zero-order valence-electron chi connectivity index (χ0n) is 23.6. The van der Waals surface area contributed by atoms with Crippen LogP contribution in [-0.4, -0.2) is 67.6 Å². The van der Waals surface area contributed by atoms with Crippen LogP contribution >= 0.6 is 0 Å². The van der Waals surface area contributed by atoms with E-state index in [9.17, 15) is 14.4 Å². The second kappa shape index (κ2) is 10.3. The Hall–Kier alpha value is -4.63. The molecular weight excluding hydrogens is 534 g/mol. The molecule has 1 saturated heterocycles. The number of primary amides is 2. The van der Waals surface area contributed by atoms with Gasteiger partial charge in [-0.2, -0.15) is 0 Å². The minimum absolute atomic E-state index is 0.0684. The van der Waals surface area contributed by atoms with Gasteiger partial charge in [-0.3, -0.25) is 24.1 Å². The van der Waals surface area contributed by atoms with E-state index in [1.54, 1.807) is 28.8 Å². The fourth-order valence-electron chi connectivity index (χ4n) is 7.08. The van der Waals surface area contributed by atoms with E-state index in [4.69, 9.17) is 18.0 Å². The highest BCUT2D eigenvalue weighted by Crippen LogP contribution is 2.49. The predicted octanol–water partition coefficient (Wildman–Crippen LogP) is 1.08. The lowest BCUT2D eigenvalue weighted by Gasteiger charge is -2.37. The summed E-state index contributed by atoms with van der Waals surface area (Å²) in [6, 6.07) is 10.9. The molecule has 3 aliphatic rings. The van der Waals surface area contributed by atoms with Crippen LogP contribution in [0.5, 0.6) is 0 Å². The molecule has 42 heavy (non-hydrogen) atoms. The number of piperidine rings is 1. The Labute approximate surface area is 243 Å². The van der Waals surface area contributed by atoms with Crippen molar-refractivity contribution >= 4 is 17.7 Å². The van der Waals surface area contributed by atoms with Crippen molar-refractivity contribution in [2.75, 3.05) is 6.54 Å². The second-order valence-electron chi connectivity index (χ2n) is 11.7. The first-order valence-electron chi connectivity index (χ1n) is 14.1. The number of hydrogen-bond donors (Lipinski definition) is 3. The Morgan fingerprint density at radius 1 is 1.07 bits per heavy atom. The largest absolute Gasteiger partial charge is 0.366 e. The zero-order chi connectivity index (χ0) is 29.8. The van der Waals surface area contributed by atoms with Crippen LogP contribution in [0, 0.1) is 12.5 Å². The van der Waals surface area contributed by atoms with Crippen LogP contribution < -0.4 is 16.8 Å². The van der Waals surface area contributed by atoms with Crippen LogP contribution in [0.15, 0.2) is 36.4 Å². The summed E-state index contributed by atoms with van der Waals surface area (Å²) >= 11 is 0. The van der Waals surface area contributed by atoms with Crippen molar-refractivity contribution in [2.45, 2.75) is 62.7 Å². The molecule has 1 saturated carbocycles. The zero-order valence-corrected chi connectivity index (χ0v) is 23.6. The van der Waals surface area contributed by atoms with Crippen LogP contribution in [0.25, 0.3) is 4.85 Å². The molecule has 4 atom stereocenters. The maximum absolute atomic E-state index is 13.3. The molecule has 6 rings (SSSR count). The van der Waals surface area contributed by atoms with Gasteiger partial charge >= 0.3 is 6.17 Å².